The fourth-order valence-electron chi connectivity index (χ4n) is 2.26. The second-order valence-electron chi connectivity index (χ2n) is 5.29. The van der Waals surface area contributed by atoms with E-state index in [-0.39, 0.29) is 5.56 Å². The average molecular weight is 309 g/mol. The Bertz CT molecular complexity index is 827. The van der Waals surface area contributed by atoms with Crippen LogP contribution in [0.15, 0.2) is 60.9 Å². The minimum atomic E-state index is -0.512. The van der Waals surface area contributed by atoms with Gasteiger partial charge in [-0.25, -0.2) is 9.07 Å². The molecule has 0 radical (unpaired) electrons. The van der Waals surface area contributed by atoms with Crippen molar-refractivity contribution in [2.75, 3.05) is 0 Å². The lowest BCUT2D eigenvalue weighted by atomic mass is 10.1. The molecule has 0 aliphatic rings. The largest absolute Gasteiger partial charge is 0.348 e. The fraction of sp³-hybridized carbons (Fsp3) is 0.111. The Morgan fingerprint density at radius 1 is 1.22 bits per heavy atom. The fourth-order valence-corrected chi connectivity index (χ4v) is 2.26. The highest BCUT2D eigenvalue weighted by molar-refractivity contribution is 5.94. The van der Waals surface area contributed by atoms with E-state index in [0.717, 1.165) is 16.8 Å². The van der Waals surface area contributed by atoms with Crippen LogP contribution in [0.25, 0.3) is 5.69 Å². The first-order valence-corrected chi connectivity index (χ1v) is 7.27. The molecule has 23 heavy (non-hydrogen) atoms. The minimum absolute atomic E-state index is 0.0473. The standard InChI is InChI=1S/C18H16FN3O/c1-13-7-8-16(17(19)9-13)18(23)20-10-14-11-21-22(12-14)15-5-3-2-4-6-15/h2-9,11-12H,10H2,1H3,(H,20,23). The number of amides is 1. The van der Waals surface area contributed by atoms with Crippen molar-refractivity contribution < 1.29 is 9.18 Å². The summed E-state index contributed by atoms with van der Waals surface area (Å²) in [4.78, 5) is 12.0. The van der Waals surface area contributed by atoms with E-state index in [1.807, 2.05) is 36.5 Å². The van der Waals surface area contributed by atoms with Gasteiger partial charge in [-0.2, -0.15) is 5.10 Å². The lowest BCUT2D eigenvalue weighted by Crippen LogP contribution is -2.23. The van der Waals surface area contributed by atoms with Crippen LogP contribution >= 0.6 is 0 Å². The van der Waals surface area contributed by atoms with Crippen LogP contribution in [0.4, 0.5) is 4.39 Å². The molecule has 3 rings (SSSR count). The van der Waals surface area contributed by atoms with Gasteiger partial charge >= 0.3 is 0 Å². The minimum Gasteiger partial charge on any atom is -0.348 e. The molecule has 0 fully saturated rings. The molecule has 0 atom stereocenters. The molecular formula is C18H16FN3O. The van der Waals surface area contributed by atoms with Gasteiger partial charge < -0.3 is 5.32 Å². The van der Waals surface area contributed by atoms with E-state index in [0.29, 0.717) is 6.54 Å². The second kappa shape index (κ2) is 6.44. The smallest absolute Gasteiger partial charge is 0.254 e. The van der Waals surface area contributed by atoms with Gasteiger partial charge in [0.25, 0.3) is 5.91 Å². The summed E-state index contributed by atoms with van der Waals surface area (Å²) >= 11 is 0. The van der Waals surface area contributed by atoms with Gasteiger partial charge in [0, 0.05) is 18.3 Å². The lowest BCUT2D eigenvalue weighted by Gasteiger charge is -2.05. The maximum absolute atomic E-state index is 13.8. The molecule has 1 N–H and O–H groups in total. The Morgan fingerprint density at radius 3 is 2.74 bits per heavy atom. The molecule has 4 nitrogen and oxygen atoms in total. The number of carbonyl (C=O) groups excluding carboxylic acids is 1. The van der Waals surface area contributed by atoms with Crippen molar-refractivity contribution in [3.05, 3.63) is 83.4 Å². The zero-order valence-corrected chi connectivity index (χ0v) is 12.7. The van der Waals surface area contributed by atoms with Crippen molar-refractivity contribution in [1.29, 1.82) is 0 Å². The van der Waals surface area contributed by atoms with Crippen molar-refractivity contribution in [1.82, 2.24) is 15.1 Å². The lowest BCUT2D eigenvalue weighted by molar-refractivity contribution is 0.0947. The third-order valence-electron chi connectivity index (χ3n) is 3.48. The summed E-state index contributed by atoms with van der Waals surface area (Å²) in [6, 6.07) is 14.2. The first-order valence-electron chi connectivity index (χ1n) is 7.27. The van der Waals surface area contributed by atoms with Crippen molar-refractivity contribution in [3.63, 3.8) is 0 Å². The maximum Gasteiger partial charge on any atom is 0.254 e. The second-order valence-corrected chi connectivity index (χ2v) is 5.29. The van der Waals surface area contributed by atoms with Crippen LogP contribution in [0, 0.1) is 12.7 Å². The Hall–Kier alpha value is -2.95. The first-order chi connectivity index (χ1) is 11.1. The topological polar surface area (TPSA) is 46.9 Å². The monoisotopic (exact) mass is 309 g/mol. The van der Waals surface area contributed by atoms with Gasteiger partial charge in [-0.05, 0) is 36.8 Å². The van der Waals surface area contributed by atoms with E-state index in [1.54, 1.807) is 23.9 Å². The molecule has 2 aromatic carbocycles. The molecule has 1 heterocycles. The van der Waals surface area contributed by atoms with Crippen LogP contribution in [0.2, 0.25) is 0 Å². The molecule has 5 heteroatoms. The van der Waals surface area contributed by atoms with E-state index in [4.69, 9.17) is 0 Å². The molecule has 0 bridgehead atoms. The third-order valence-corrected chi connectivity index (χ3v) is 3.48. The Morgan fingerprint density at radius 2 is 2.00 bits per heavy atom. The summed E-state index contributed by atoms with van der Waals surface area (Å²) in [6.07, 6.45) is 3.51. The van der Waals surface area contributed by atoms with Crippen molar-refractivity contribution in [3.8, 4) is 5.69 Å². The summed E-state index contributed by atoms with van der Waals surface area (Å²) in [5.41, 5.74) is 2.61. The molecule has 0 spiro atoms. The number of para-hydroxylation sites is 1. The van der Waals surface area contributed by atoms with Crippen LogP contribution in [0.5, 0.6) is 0 Å². The van der Waals surface area contributed by atoms with E-state index in [1.165, 1.54) is 12.1 Å². The number of aromatic nitrogens is 2. The zero-order valence-electron chi connectivity index (χ0n) is 12.7. The van der Waals surface area contributed by atoms with Crippen molar-refractivity contribution in [2.45, 2.75) is 13.5 Å². The van der Waals surface area contributed by atoms with E-state index >= 15 is 0 Å². The summed E-state index contributed by atoms with van der Waals surface area (Å²) in [5, 5.41) is 6.97. The van der Waals surface area contributed by atoms with Gasteiger partial charge in [-0.1, -0.05) is 24.3 Å². The number of nitrogens with one attached hydrogen (secondary N) is 1. The molecule has 3 aromatic rings. The van der Waals surface area contributed by atoms with Crippen LogP contribution < -0.4 is 5.32 Å². The van der Waals surface area contributed by atoms with Gasteiger partial charge in [-0.15, -0.1) is 0 Å². The van der Waals surface area contributed by atoms with Crippen molar-refractivity contribution in [2.24, 2.45) is 0 Å². The number of halogens is 1. The van der Waals surface area contributed by atoms with Crippen molar-refractivity contribution >= 4 is 5.91 Å². The normalized spacial score (nSPS) is 10.5. The number of carbonyl (C=O) groups is 1. The SMILES string of the molecule is Cc1ccc(C(=O)NCc2cnn(-c3ccccc3)c2)c(F)c1. The summed E-state index contributed by atoms with van der Waals surface area (Å²) in [7, 11) is 0. The molecule has 0 saturated carbocycles. The Kier molecular flexibility index (Phi) is 4.19. The van der Waals surface area contributed by atoms with E-state index in [2.05, 4.69) is 10.4 Å². The van der Waals surface area contributed by atoms with Gasteiger partial charge in [0.1, 0.15) is 5.82 Å². The van der Waals surface area contributed by atoms with E-state index in [9.17, 15) is 9.18 Å². The number of aryl methyl sites for hydroxylation is 1. The molecule has 0 unspecified atom stereocenters. The van der Waals surface area contributed by atoms with Crippen LogP contribution in [0.3, 0.4) is 0 Å². The quantitative estimate of drug-likeness (QED) is 0.804. The maximum atomic E-state index is 13.8. The highest BCUT2D eigenvalue weighted by Crippen LogP contribution is 2.11. The Labute approximate surface area is 133 Å². The van der Waals surface area contributed by atoms with Crippen LogP contribution in [0.1, 0.15) is 21.5 Å². The molecule has 1 aromatic heterocycles. The Balaban J connectivity index is 1.67. The van der Waals surface area contributed by atoms with Gasteiger partial charge in [0.2, 0.25) is 0 Å². The average Bonchev–Trinajstić information content (AvgIpc) is 3.02. The van der Waals surface area contributed by atoms with Crippen LogP contribution in [-0.4, -0.2) is 15.7 Å². The zero-order chi connectivity index (χ0) is 16.2. The van der Waals surface area contributed by atoms with Crippen LogP contribution in [-0.2, 0) is 6.54 Å². The molecule has 0 aliphatic heterocycles. The van der Waals surface area contributed by atoms with Gasteiger partial charge in [0.05, 0.1) is 17.4 Å². The predicted molar refractivity (Wildman–Crippen MR) is 85.9 cm³/mol. The summed E-state index contributed by atoms with van der Waals surface area (Å²) in [5.74, 6) is -0.947. The molecule has 0 saturated heterocycles. The number of benzene rings is 2. The number of rotatable bonds is 4. The van der Waals surface area contributed by atoms with Gasteiger partial charge in [0.15, 0.2) is 0 Å². The third kappa shape index (κ3) is 3.45. The molecule has 0 aliphatic carbocycles. The van der Waals surface area contributed by atoms with Gasteiger partial charge in [-0.3, -0.25) is 4.79 Å². The number of hydrogen-bond acceptors (Lipinski definition) is 2. The first kappa shape index (κ1) is 15.0. The number of hydrogen-bond donors (Lipinski definition) is 1. The molecule has 116 valence electrons. The molecular weight excluding hydrogens is 293 g/mol. The highest BCUT2D eigenvalue weighted by Gasteiger charge is 2.11. The number of nitrogens with zero attached hydrogens (tertiary/aromatic N) is 2. The summed E-state index contributed by atoms with van der Waals surface area (Å²) in [6.45, 7) is 2.07. The van der Waals surface area contributed by atoms with E-state index < -0.39 is 11.7 Å². The molecule has 1 amide bonds. The summed E-state index contributed by atoms with van der Waals surface area (Å²) < 4.78 is 15.5. The predicted octanol–water partition coefficient (Wildman–Crippen LogP) is 3.25. The highest BCUT2D eigenvalue weighted by atomic mass is 19.1.